The lowest BCUT2D eigenvalue weighted by Gasteiger charge is -1.89. The average molecular weight is 163 g/mol. The van der Waals surface area contributed by atoms with Crippen LogP contribution in [0.3, 0.4) is 0 Å². The normalized spacial score (nSPS) is 8.86. The third-order valence-corrected chi connectivity index (χ3v) is 1.20. The second kappa shape index (κ2) is 4.38. The fraction of sp³-hybridized carbons (Fsp3) is 0.667. The molecule has 0 unspecified atom stereocenters. The van der Waals surface area contributed by atoms with Crippen LogP contribution in [0.25, 0.3) is 0 Å². The van der Waals surface area contributed by atoms with Gasteiger partial charge in [0.05, 0.1) is 0 Å². The molecule has 1 heteroatoms. The number of halogens is 1. The highest BCUT2D eigenvalue weighted by Crippen LogP contribution is 2.09. The van der Waals surface area contributed by atoms with Crippen molar-refractivity contribution in [3.63, 3.8) is 0 Å². The van der Waals surface area contributed by atoms with Gasteiger partial charge in [-0.3, -0.25) is 0 Å². The van der Waals surface area contributed by atoms with Crippen LogP contribution < -0.4 is 0 Å². The van der Waals surface area contributed by atoms with Gasteiger partial charge in [-0.25, -0.2) is 0 Å². The maximum atomic E-state index is 3.71. The van der Waals surface area contributed by atoms with Crippen LogP contribution in [0.4, 0.5) is 0 Å². The predicted octanol–water partition coefficient (Wildman–Crippen LogP) is 3.09. The molecule has 0 rings (SSSR count). The van der Waals surface area contributed by atoms with Gasteiger partial charge in [0.15, 0.2) is 0 Å². The molecule has 0 aliphatic carbocycles. The van der Waals surface area contributed by atoms with Gasteiger partial charge in [0, 0.05) is 0 Å². The first-order valence-electron chi connectivity index (χ1n) is 2.60. The first kappa shape index (κ1) is 7.22. The van der Waals surface area contributed by atoms with Crippen molar-refractivity contribution in [1.29, 1.82) is 0 Å². The maximum Gasteiger partial charge on any atom is -0.0121 e. The summed E-state index contributed by atoms with van der Waals surface area (Å²) in [5.74, 6) is 0. The summed E-state index contributed by atoms with van der Waals surface area (Å²) < 4.78 is 1.12. The van der Waals surface area contributed by atoms with Gasteiger partial charge in [-0.15, -0.1) is 0 Å². The molecule has 0 atom stereocenters. The van der Waals surface area contributed by atoms with Crippen molar-refractivity contribution in [3.8, 4) is 0 Å². The Morgan fingerprint density at radius 2 is 2.29 bits per heavy atom. The summed E-state index contributed by atoms with van der Waals surface area (Å²) >= 11 is 3.28. The van der Waals surface area contributed by atoms with Gasteiger partial charge >= 0.3 is 0 Å². The Labute approximate surface area is 53.7 Å². The van der Waals surface area contributed by atoms with E-state index >= 15 is 0 Å². The van der Waals surface area contributed by atoms with Gasteiger partial charge < -0.3 is 0 Å². The van der Waals surface area contributed by atoms with Crippen LogP contribution in [0, 0.1) is 0 Å². The minimum atomic E-state index is 1.12. The Hall–Kier alpha value is 0.220. The minimum Gasteiger partial charge on any atom is -0.0889 e. The van der Waals surface area contributed by atoms with Crippen LogP contribution in [0.5, 0.6) is 0 Å². The largest absolute Gasteiger partial charge is 0.0889 e. The molecule has 0 aromatic rings. The van der Waals surface area contributed by atoms with Gasteiger partial charge in [-0.05, 0) is 17.3 Å². The summed E-state index contributed by atoms with van der Waals surface area (Å²) in [6, 6.07) is 0. The summed E-state index contributed by atoms with van der Waals surface area (Å²) in [4.78, 5) is 0. The highest BCUT2D eigenvalue weighted by molar-refractivity contribution is 9.11. The van der Waals surface area contributed by atoms with E-state index in [0.29, 0.717) is 0 Å². The Kier molecular flexibility index (Phi) is 4.52. The van der Waals surface area contributed by atoms with Crippen molar-refractivity contribution in [3.05, 3.63) is 11.1 Å². The summed E-state index contributed by atoms with van der Waals surface area (Å²) in [6.07, 6.45) is 3.63. The van der Waals surface area contributed by atoms with E-state index in [4.69, 9.17) is 0 Å². The van der Waals surface area contributed by atoms with E-state index in [1.54, 1.807) is 0 Å². The number of hydrogen-bond acceptors (Lipinski definition) is 0. The predicted molar refractivity (Wildman–Crippen MR) is 37.6 cm³/mol. The molecule has 42 valence electrons. The van der Waals surface area contributed by atoms with Crippen molar-refractivity contribution in [2.75, 3.05) is 0 Å². The van der Waals surface area contributed by atoms with E-state index < -0.39 is 0 Å². The van der Waals surface area contributed by atoms with Gasteiger partial charge in [0.25, 0.3) is 0 Å². The van der Waals surface area contributed by atoms with E-state index in [1.165, 1.54) is 12.8 Å². The third-order valence-electron chi connectivity index (χ3n) is 0.802. The van der Waals surface area contributed by atoms with E-state index in [9.17, 15) is 0 Å². The Bertz CT molecular complexity index is 57.2. The summed E-state index contributed by atoms with van der Waals surface area (Å²) in [7, 11) is 0. The van der Waals surface area contributed by atoms with Crippen molar-refractivity contribution in [1.82, 2.24) is 0 Å². The molecule has 0 aromatic heterocycles. The van der Waals surface area contributed by atoms with Crippen LogP contribution >= 0.6 is 15.9 Å². The summed E-state index contributed by atoms with van der Waals surface area (Å²) in [5, 5.41) is 0. The zero-order chi connectivity index (χ0) is 5.70. The van der Waals surface area contributed by atoms with Gasteiger partial charge in [0.2, 0.25) is 0 Å². The lowest BCUT2D eigenvalue weighted by molar-refractivity contribution is 0.811. The zero-order valence-electron chi connectivity index (χ0n) is 4.71. The number of allylic oxidation sites excluding steroid dienone is 1. The molecule has 7 heavy (non-hydrogen) atoms. The zero-order valence-corrected chi connectivity index (χ0v) is 6.29. The quantitative estimate of drug-likeness (QED) is 0.599. The molecule has 0 N–H and O–H groups in total. The second-order valence-electron chi connectivity index (χ2n) is 1.62. The van der Waals surface area contributed by atoms with Gasteiger partial charge in [-0.1, -0.05) is 35.9 Å². The number of hydrogen-bond donors (Lipinski definition) is 0. The van der Waals surface area contributed by atoms with E-state index in [-0.39, 0.29) is 0 Å². The van der Waals surface area contributed by atoms with Crippen molar-refractivity contribution in [2.45, 2.75) is 26.2 Å². The number of unbranched alkanes of at least 4 members (excludes halogenated alkanes) is 1. The second-order valence-corrected chi connectivity index (χ2v) is 2.74. The first-order valence-corrected chi connectivity index (χ1v) is 3.40. The Morgan fingerprint density at radius 3 is 2.43 bits per heavy atom. The van der Waals surface area contributed by atoms with Crippen molar-refractivity contribution < 1.29 is 0 Å². The van der Waals surface area contributed by atoms with Gasteiger partial charge in [0.1, 0.15) is 0 Å². The molecule has 0 nitrogen and oxygen atoms in total. The van der Waals surface area contributed by atoms with Crippen LogP contribution in [-0.4, -0.2) is 0 Å². The Morgan fingerprint density at radius 1 is 1.71 bits per heavy atom. The topological polar surface area (TPSA) is 0 Å². The lowest BCUT2D eigenvalue weighted by atomic mass is 10.2. The maximum absolute atomic E-state index is 3.71. The SMILES string of the molecule is C=C(Br)CCCC. The van der Waals surface area contributed by atoms with Gasteiger partial charge in [-0.2, -0.15) is 0 Å². The van der Waals surface area contributed by atoms with Crippen molar-refractivity contribution in [2.24, 2.45) is 0 Å². The molecule has 0 radical (unpaired) electrons. The van der Waals surface area contributed by atoms with Crippen LogP contribution in [0.2, 0.25) is 0 Å². The first-order chi connectivity index (χ1) is 3.27. The molecule has 0 aromatic carbocycles. The molecule has 0 heterocycles. The standard InChI is InChI=1S/C6H11Br/c1-3-4-5-6(2)7/h2-5H2,1H3. The summed E-state index contributed by atoms with van der Waals surface area (Å²) in [5.41, 5.74) is 0. The fourth-order valence-corrected chi connectivity index (χ4v) is 0.649. The minimum absolute atomic E-state index is 1.12. The molecule has 0 saturated carbocycles. The Balaban J connectivity index is 2.82. The smallest absolute Gasteiger partial charge is 0.0121 e. The molecule has 0 bridgehead atoms. The number of rotatable bonds is 3. The van der Waals surface area contributed by atoms with Crippen LogP contribution in [0.1, 0.15) is 26.2 Å². The molecular weight excluding hydrogens is 152 g/mol. The summed E-state index contributed by atoms with van der Waals surface area (Å²) in [6.45, 7) is 5.89. The molecule has 0 amide bonds. The van der Waals surface area contributed by atoms with E-state index in [1.807, 2.05) is 0 Å². The van der Waals surface area contributed by atoms with Crippen LogP contribution in [-0.2, 0) is 0 Å². The molecule has 0 aliphatic rings. The monoisotopic (exact) mass is 162 g/mol. The van der Waals surface area contributed by atoms with Crippen LogP contribution in [0.15, 0.2) is 11.1 Å². The molecule has 0 fully saturated rings. The molecule has 0 spiro atoms. The third kappa shape index (κ3) is 6.22. The highest BCUT2D eigenvalue weighted by Gasteiger charge is 1.83. The molecule has 0 aliphatic heterocycles. The lowest BCUT2D eigenvalue weighted by Crippen LogP contribution is -1.68. The van der Waals surface area contributed by atoms with E-state index in [2.05, 4.69) is 29.4 Å². The molecule has 0 saturated heterocycles. The fourth-order valence-electron chi connectivity index (χ4n) is 0.369. The average Bonchev–Trinajstić information content (AvgIpc) is 1.61. The highest BCUT2D eigenvalue weighted by atomic mass is 79.9. The van der Waals surface area contributed by atoms with Crippen molar-refractivity contribution >= 4 is 15.9 Å². The molecular formula is C6H11Br. The van der Waals surface area contributed by atoms with E-state index in [0.717, 1.165) is 10.9 Å².